The predicted molar refractivity (Wildman–Crippen MR) is 65.6 cm³/mol. The van der Waals surface area contributed by atoms with Gasteiger partial charge in [-0.05, 0) is 12.1 Å². The largest absolute Gasteiger partial charge is 0.389 e. The third-order valence-electron chi connectivity index (χ3n) is 2.06. The van der Waals surface area contributed by atoms with Gasteiger partial charge >= 0.3 is 0 Å². The van der Waals surface area contributed by atoms with Gasteiger partial charge in [-0.25, -0.2) is 0 Å². The fourth-order valence-corrected chi connectivity index (χ4v) is 1.78. The summed E-state index contributed by atoms with van der Waals surface area (Å²) in [6, 6.07) is 4.25. The van der Waals surface area contributed by atoms with Crippen molar-refractivity contribution in [3.05, 3.63) is 38.3 Å². The summed E-state index contributed by atoms with van der Waals surface area (Å²) in [5.41, 5.74) is -0.155. The number of nitro benzene ring substituents is 1. The van der Waals surface area contributed by atoms with Crippen LogP contribution in [0.3, 0.4) is 0 Å². The minimum Gasteiger partial charge on any atom is -0.389 e. The maximum atomic E-state index is 10.8. The molecule has 0 aliphatic carbocycles. The van der Waals surface area contributed by atoms with E-state index in [0.29, 0.717) is 4.47 Å². The minimum atomic E-state index is -1.31. The van der Waals surface area contributed by atoms with E-state index >= 15 is 0 Å². The number of hydrogen-bond donors (Lipinski definition) is 3. The molecule has 7 heteroatoms. The molecule has 0 spiro atoms. The summed E-state index contributed by atoms with van der Waals surface area (Å²) in [5.74, 6) is 0.0222. The topological polar surface area (TPSA) is 83.6 Å². The summed E-state index contributed by atoms with van der Waals surface area (Å²) in [6.07, 6.45) is -2.45. The normalized spacial score (nSPS) is 14.5. The Kier molecular flexibility index (Phi) is 4.72. The van der Waals surface area contributed by atoms with E-state index in [4.69, 9.17) is 0 Å². The van der Waals surface area contributed by atoms with E-state index in [1.807, 2.05) is 0 Å². The molecule has 2 atom stereocenters. The first-order valence-corrected chi connectivity index (χ1v) is 5.80. The average molecular weight is 308 g/mol. The van der Waals surface area contributed by atoms with E-state index in [2.05, 4.69) is 28.6 Å². The fraction of sp³-hybridized carbons (Fsp3) is 0.333. The molecule has 0 bridgehead atoms. The van der Waals surface area contributed by atoms with Crippen molar-refractivity contribution >= 4 is 34.2 Å². The highest BCUT2D eigenvalue weighted by Gasteiger charge is 2.25. The van der Waals surface area contributed by atoms with E-state index in [-0.39, 0.29) is 17.0 Å². The molecule has 0 aliphatic rings. The highest BCUT2D eigenvalue weighted by Crippen LogP contribution is 2.30. The Morgan fingerprint density at radius 1 is 1.50 bits per heavy atom. The maximum Gasteiger partial charge on any atom is 0.276 e. The van der Waals surface area contributed by atoms with Crippen LogP contribution in [-0.4, -0.2) is 27.0 Å². The zero-order chi connectivity index (χ0) is 12.3. The molecule has 16 heavy (non-hydrogen) atoms. The highest BCUT2D eigenvalue weighted by atomic mass is 79.9. The number of aliphatic hydroxyl groups excluding tert-OH is 2. The monoisotopic (exact) mass is 307 g/mol. The van der Waals surface area contributed by atoms with E-state index in [1.165, 1.54) is 12.1 Å². The van der Waals surface area contributed by atoms with Crippen molar-refractivity contribution in [2.45, 2.75) is 12.2 Å². The van der Waals surface area contributed by atoms with Gasteiger partial charge in [-0.1, -0.05) is 15.9 Å². The number of thiol groups is 1. The first-order valence-electron chi connectivity index (χ1n) is 4.38. The summed E-state index contributed by atoms with van der Waals surface area (Å²) < 4.78 is 0.538. The standard InChI is InChI=1S/C9H10BrNO4S/c10-5-1-2-6(7(3-5)11(14)15)9(13)8(12)4-16/h1-3,8-9,12-13,16H,4H2. The van der Waals surface area contributed by atoms with Crippen molar-refractivity contribution in [2.75, 3.05) is 5.75 Å². The van der Waals surface area contributed by atoms with Gasteiger partial charge in [0.2, 0.25) is 0 Å². The molecular weight excluding hydrogens is 298 g/mol. The van der Waals surface area contributed by atoms with Crippen LogP contribution in [0.1, 0.15) is 11.7 Å². The summed E-state index contributed by atoms with van der Waals surface area (Å²) in [7, 11) is 0. The lowest BCUT2D eigenvalue weighted by atomic mass is 10.0. The van der Waals surface area contributed by atoms with Gasteiger partial charge < -0.3 is 10.2 Å². The van der Waals surface area contributed by atoms with E-state index in [1.54, 1.807) is 6.07 Å². The second kappa shape index (κ2) is 5.62. The van der Waals surface area contributed by atoms with Gasteiger partial charge in [0, 0.05) is 16.3 Å². The molecule has 88 valence electrons. The lowest BCUT2D eigenvalue weighted by Gasteiger charge is -2.16. The summed E-state index contributed by atoms with van der Waals surface area (Å²) in [5, 5.41) is 29.8. The van der Waals surface area contributed by atoms with Gasteiger partial charge in [0.25, 0.3) is 5.69 Å². The van der Waals surface area contributed by atoms with Crippen LogP contribution in [0, 0.1) is 10.1 Å². The van der Waals surface area contributed by atoms with Crippen molar-refractivity contribution in [1.29, 1.82) is 0 Å². The third kappa shape index (κ3) is 2.94. The van der Waals surface area contributed by atoms with Gasteiger partial charge in [0.1, 0.15) is 6.10 Å². The van der Waals surface area contributed by atoms with Crippen LogP contribution in [0.5, 0.6) is 0 Å². The Hall–Kier alpha value is -0.630. The molecule has 1 aromatic carbocycles. The molecule has 0 aromatic heterocycles. The minimum absolute atomic E-state index is 0.0222. The molecule has 1 rings (SSSR count). The number of nitrogens with zero attached hydrogens (tertiary/aromatic N) is 1. The van der Waals surface area contributed by atoms with Gasteiger partial charge in [-0.3, -0.25) is 10.1 Å². The molecule has 0 aliphatic heterocycles. The van der Waals surface area contributed by atoms with Crippen molar-refractivity contribution in [2.24, 2.45) is 0 Å². The molecule has 0 saturated heterocycles. The first kappa shape index (κ1) is 13.4. The first-order chi connectivity index (χ1) is 7.47. The number of hydrogen-bond acceptors (Lipinski definition) is 5. The number of rotatable bonds is 4. The average Bonchev–Trinajstić information content (AvgIpc) is 2.26. The van der Waals surface area contributed by atoms with E-state index in [9.17, 15) is 20.3 Å². The highest BCUT2D eigenvalue weighted by molar-refractivity contribution is 9.10. The van der Waals surface area contributed by atoms with Gasteiger partial charge in [0.15, 0.2) is 0 Å². The number of nitro groups is 1. The molecule has 0 heterocycles. The lowest BCUT2D eigenvalue weighted by molar-refractivity contribution is -0.386. The van der Waals surface area contributed by atoms with Gasteiger partial charge in [-0.2, -0.15) is 12.6 Å². The second-order valence-electron chi connectivity index (χ2n) is 3.16. The van der Waals surface area contributed by atoms with Crippen molar-refractivity contribution in [3.8, 4) is 0 Å². The van der Waals surface area contributed by atoms with E-state index < -0.39 is 17.1 Å². The van der Waals surface area contributed by atoms with Crippen molar-refractivity contribution < 1.29 is 15.1 Å². The molecule has 5 nitrogen and oxygen atoms in total. The zero-order valence-corrected chi connectivity index (χ0v) is 10.6. The number of halogens is 1. The lowest BCUT2D eigenvalue weighted by Crippen LogP contribution is -2.20. The number of aliphatic hydroxyl groups is 2. The van der Waals surface area contributed by atoms with Crippen LogP contribution in [-0.2, 0) is 0 Å². The van der Waals surface area contributed by atoms with Gasteiger partial charge in [0.05, 0.1) is 16.6 Å². The third-order valence-corrected chi connectivity index (χ3v) is 2.93. The molecular formula is C9H10BrNO4S. The van der Waals surface area contributed by atoms with Crippen LogP contribution in [0.15, 0.2) is 22.7 Å². The molecule has 2 N–H and O–H groups in total. The van der Waals surface area contributed by atoms with Crippen molar-refractivity contribution in [1.82, 2.24) is 0 Å². The molecule has 0 saturated carbocycles. The Labute approximate surface area is 106 Å². The number of benzene rings is 1. The summed E-state index contributed by atoms with van der Waals surface area (Å²) in [6.45, 7) is 0. The SMILES string of the molecule is O=[N+]([O-])c1cc(Br)ccc1C(O)C(O)CS. The second-order valence-corrected chi connectivity index (χ2v) is 4.44. The van der Waals surface area contributed by atoms with Crippen LogP contribution < -0.4 is 0 Å². The molecule has 1 aromatic rings. The molecule has 0 amide bonds. The molecule has 0 radical (unpaired) electrons. The quantitative estimate of drug-likeness (QED) is 0.449. The van der Waals surface area contributed by atoms with Crippen LogP contribution in [0.25, 0.3) is 0 Å². The predicted octanol–water partition coefficient (Wildman–Crippen LogP) is 1.68. The smallest absolute Gasteiger partial charge is 0.276 e. The Morgan fingerprint density at radius 2 is 2.12 bits per heavy atom. The van der Waals surface area contributed by atoms with Crippen molar-refractivity contribution in [3.63, 3.8) is 0 Å². The maximum absolute atomic E-state index is 10.8. The van der Waals surface area contributed by atoms with Crippen LogP contribution in [0.4, 0.5) is 5.69 Å². The van der Waals surface area contributed by atoms with Crippen LogP contribution >= 0.6 is 28.6 Å². The van der Waals surface area contributed by atoms with Gasteiger partial charge in [-0.15, -0.1) is 0 Å². The Morgan fingerprint density at radius 3 is 2.62 bits per heavy atom. The van der Waals surface area contributed by atoms with E-state index in [0.717, 1.165) is 0 Å². The summed E-state index contributed by atoms with van der Waals surface area (Å²) >= 11 is 6.93. The van der Waals surface area contributed by atoms with Crippen LogP contribution in [0.2, 0.25) is 0 Å². The zero-order valence-electron chi connectivity index (χ0n) is 8.08. The Balaban J connectivity index is 3.17. The molecule has 2 unspecified atom stereocenters. The molecule has 0 fully saturated rings. The fourth-order valence-electron chi connectivity index (χ4n) is 1.23. The Bertz CT molecular complexity index is 401. The summed E-state index contributed by atoms with van der Waals surface area (Å²) in [4.78, 5) is 10.2.